The third kappa shape index (κ3) is 1.87. The van der Waals surface area contributed by atoms with Gasteiger partial charge >= 0.3 is 0 Å². The number of hydrogen-bond acceptors (Lipinski definition) is 3. The van der Waals surface area contributed by atoms with Gasteiger partial charge in [-0.3, -0.25) is 0 Å². The van der Waals surface area contributed by atoms with Gasteiger partial charge in [-0.15, -0.1) is 0 Å². The van der Waals surface area contributed by atoms with E-state index >= 15 is 0 Å². The van der Waals surface area contributed by atoms with Gasteiger partial charge in [-0.25, -0.2) is 9.97 Å². The molecule has 2 heterocycles. The number of rotatable bonds is 1. The molecule has 0 saturated carbocycles. The molecular formula is C14H11ClN2O. The lowest BCUT2D eigenvalue weighted by Gasteiger charge is -1.98. The molecule has 3 nitrogen and oxygen atoms in total. The Morgan fingerprint density at radius 2 is 1.94 bits per heavy atom. The van der Waals surface area contributed by atoms with Crippen LogP contribution in [0.3, 0.4) is 0 Å². The second-order valence-electron chi connectivity index (χ2n) is 4.27. The van der Waals surface area contributed by atoms with Crippen LogP contribution in [0.5, 0.6) is 0 Å². The first-order valence-electron chi connectivity index (χ1n) is 5.64. The summed E-state index contributed by atoms with van der Waals surface area (Å²) in [5.41, 5.74) is 3.53. The van der Waals surface area contributed by atoms with Crippen LogP contribution in [0.25, 0.3) is 22.4 Å². The number of fused-ring (bicyclic) bond motifs is 1. The number of halogens is 1. The van der Waals surface area contributed by atoms with Crippen molar-refractivity contribution in [3.05, 3.63) is 46.9 Å². The van der Waals surface area contributed by atoms with Crippen molar-refractivity contribution in [2.45, 2.75) is 13.8 Å². The summed E-state index contributed by atoms with van der Waals surface area (Å²) in [5.74, 6) is 0.715. The van der Waals surface area contributed by atoms with Crippen molar-refractivity contribution < 1.29 is 4.42 Å². The maximum Gasteiger partial charge on any atom is 0.223 e. The lowest BCUT2D eigenvalue weighted by Crippen LogP contribution is -1.89. The smallest absolute Gasteiger partial charge is 0.223 e. The van der Waals surface area contributed by atoms with E-state index in [0.717, 1.165) is 22.2 Å². The molecule has 4 heteroatoms. The molecule has 0 fully saturated rings. The minimum atomic E-state index is 0.238. The quantitative estimate of drug-likeness (QED) is 0.615. The van der Waals surface area contributed by atoms with E-state index in [-0.39, 0.29) is 5.28 Å². The monoisotopic (exact) mass is 258 g/mol. The molecular weight excluding hydrogens is 248 g/mol. The molecule has 0 amide bonds. The lowest BCUT2D eigenvalue weighted by molar-refractivity contribution is 0.625. The molecule has 18 heavy (non-hydrogen) atoms. The van der Waals surface area contributed by atoms with Gasteiger partial charge in [0, 0.05) is 11.1 Å². The Balaban J connectivity index is 2.22. The van der Waals surface area contributed by atoms with Gasteiger partial charge in [-0.05, 0) is 43.1 Å². The molecule has 0 bridgehead atoms. The van der Waals surface area contributed by atoms with Crippen LogP contribution in [-0.2, 0) is 0 Å². The van der Waals surface area contributed by atoms with E-state index in [0.29, 0.717) is 11.5 Å². The number of furan rings is 1. The lowest BCUT2D eigenvalue weighted by atomic mass is 10.2. The molecule has 0 aliphatic rings. The van der Waals surface area contributed by atoms with Crippen LogP contribution in [0.1, 0.15) is 11.3 Å². The fourth-order valence-corrected chi connectivity index (χ4v) is 2.22. The fourth-order valence-electron chi connectivity index (χ4n) is 1.99. The number of benzene rings is 1. The summed E-state index contributed by atoms with van der Waals surface area (Å²) in [6.45, 7) is 3.90. The van der Waals surface area contributed by atoms with Crippen LogP contribution in [0, 0.1) is 13.8 Å². The predicted molar refractivity (Wildman–Crippen MR) is 71.7 cm³/mol. The van der Waals surface area contributed by atoms with Crippen molar-refractivity contribution in [3.63, 3.8) is 0 Å². The number of hydrogen-bond donors (Lipinski definition) is 0. The molecule has 3 aromatic rings. The number of para-hydroxylation sites is 1. The Hall–Kier alpha value is -1.87. The molecule has 0 saturated heterocycles. The highest BCUT2D eigenvalue weighted by atomic mass is 35.5. The van der Waals surface area contributed by atoms with E-state index < -0.39 is 0 Å². The molecule has 0 aliphatic heterocycles. The second kappa shape index (κ2) is 4.10. The molecule has 3 rings (SSSR count). The van der Waals surface area contributed by atoms with Crippen LogP contribution < -0.4 is 0 Å². The highest BCUT2D eigenvalue weighted by molar-refractivity contribution is 6.28. The average molecular weight is 259 g/mol. The standard InChI is InChI=1S/C14H11ClN2O/c1-8-4-3-5-10-7-12(18-13(8)10)11-6-9(2)16-14(15)17-11/h3-7H,1-2H3. The number of aromatic nitrogens is 2. The van der Waals surface area contributed by atoms with Crippen LogP contribution in [0.4, 0.5) is 0 Å². The summed E-state index contributed by atoms with van der Waals surface area (Å²) in [6.07, 6.45) is 0. The molecule has 0 radical (unpaired) electrons. The second-order valence-corrected chi connectivity index (χ2v) is 4.61. The van der Waals surface area contributed by atoms with Gasteiger partial charge in [0.25, 0.3) is 0 Å². The maximum absolute atomic E-state index is 5.87. The SMILES string of the molecule is Cc1cc(-c2cc3cccc(C)c3o2)nc(Cl)n1. The summed E-state index contributed by atoms with van der Waals surface area (Å²) < 4.78 is 5.85. The van der Waals surface area contributed by atoms with Crippen LogP contribution in [0.15, 0.2) is 34.7 Å². The fraction of sp³-hybridized carbons (Fsp3) is 0.143. The predicted octanol–water partition coefficient (Wildman–Crippen LogP) is 4.16. The molecule has 0 spiro atoms. The van der Waals surface area contributed by atoms with E-state index in [4.69, 9.17) is 16.0 Å². The summed E-state index contributed by atoms with van der Waals surface area (Å²) in [7, 11) is 0. The first-order chi connectivity index (χ1) is 8.63. The van der Waals surface area contributed by atoms with Gasteiger partial charge in [-0.1, -0.05) is 18.2 Å². The molecule has 2 aromatic heterocycles. The Morgan fingerprint density at radius 1 is 1.11 bits per heavy atom. The number of nitrogens with zero attached hydrogens (tertiary/aromatic N) is 2. The van der Waals surface area contributed by atoms with E-state index in [1.807, 2.05) is 44.2 Å². The van der Waals surface area contributed by atoms with Crippen LogP contribution >= 0.6 is 11.6 Å². The van der Waals surface area contributed by atoms with Crippen molar-refractivity contribution in [1.29, 1.82) is 0 Å². The van der Waals surface area contributed by atoms with Gasteiger partial charge < -0.3 is 4.42 Å². The maximum atomic E-state index is 5.87. The minimum Gasteiger partial charge on any atom is -0.454 e. The molecule has 0 N–H and O–H groups in total. The van der Waals surface area contributed by atoms with E-state index in [1.165, 1.54) is 0 Å². The minimum absolute atomic E-state index is 0.238. The summed E-state index contributed by atoms with van der Waals surface area (Å²) >= 11 is 5.87. The zero-order chi connectivity index (χ0) is 12.7. The average Bonchev–Trinajstić information content (AvgIpc) is 2.73. The van der Waals surface area contributed by atoms with Gasteiger partial charge in [0.15, 0.2) is 5.76 Å². The van der Waals surface area contributed by atoms with E-state index in [2.05, 4.69) is 9.97 Å². The Labute approximate surface area is 109 Å². The molecule has 1 aromatic carbocycles. The highest BCUT2D eigenvalue weighted by Crippen LogP contribution is 2.29. The third-order valence-corrected chi connectivity index (χ3v) is 2.99. The van der Waals surface area contributed by atoms with Gasteiger partial charge in [-0.2, -0.15) is 0 Å². The zero-order valence-electron chi connectivity index (χ0n) is 10.1. The molecule has 0 aliphatic carbocycles. The van der Waals surface area contributed by atoms with Crippen molar-refractivity contribution in [2.75, 3.05) is 0 Å². The molecule has 90 valence electrons. The van der Waals surface area contributed by atoms with E-state index in [1.54, 1.807) is 0 Å². The Kier molecular flexibility index (Phi) is 2.56. The van der Waals surface area contributed by atoms with E-state index in [9.17, 15) is 0 Å². The van der Waals surface area contributed by atoms with Crippen molar-refractivity contribution in [2.24, 2.45) is 0 Å². The molecule has 0 unspecified atom stereocenters. The first-order valence-corrected chi connectivity index (χ1v) is 6.02. The Morgan fingerprint density at radius 3 is 2.67 bits per heavy atom. The summed E-state index contributed by atoms with van der Waals surface area (Å²) in [4.78, 5) is 8.23. The summed E-state index contributed by atoms with van der Waals surface area (Å²) in [5, 5.41) is 1.31. The normalized spacial score (nSPS) is 11.1. The van der Waals surface area contributed by atoms with Crippen molar-refractivity contribution in [1.82, 2.24) is 9.97 Å². The van der Waals surface area contributed by atoms with Crippen LogP contribution in [0.2, 0.25) is 5.28 Å². The topological polar surface area (TPSA) is 38.9 Å². The van der Waals surface area contributed by atoms with Crippen LogP contribution in [-0.4, -0.2) is 9.97 Å². The van der Waals surface area contributed by atoms with Crippen molar-refractivity contribution in [3.8, 4) is 11.5 Å². The van der Waals surface area contributed by atoms with Crippen molar-refractivity contribution >= 4 is 22.6 Å². The zero-order valence-corrected chi connectivity index (χ0v) is 10.8. The summed E-state index contributed by atoms with van der Waals surface area (Å²) in [6, 6.07) is 9.88. The first kappa shape index (κ1) is 11.2. The number of aryl methyl sites for hydroxylation is 2. The largest absolute Gasteiger partial charge is 0.454 e. The Bertz CT molecular complexity index is 713. The third-order valence-electron chi connectivity index (χ3n) is 2.82. The highest BCUT2D eigenvalue weighted by Gasteiger charge is 2.10. The van der Waals surface area contributed by atoms with Gasteiger partial charge in [0.2, 0.25) is 5.28 Å². The van der Waals surface area contributed by atoms with Gasteiger partial charge in [0.1, 0.15) is 11.3 Å². The molecule has 0 atom stereocenters. The van der Waals surface area contributed by atoms with Gasteiger partial charge in [0.05, 0.1) is 0 Å².